The van der Waals surface area contributed by atoms with Gasteiger partial charge in [0.25, 0.3) is 0 Å². The van der Waals surface area contributed by atoms with Gasteiger partial charge in [-0.2, -0.15) is 0 Å². The summed E-state index contributed by atoms with van der Waals surface area (Å²) < 4.78 is 9.77. The van der Waals surface area contributed by atoms with Crippen molar-refractivity contribution >= 4 is 17.7 Å². The van der Waals surface area contributed by atoms with E-state index in [9.17, 15) is 9.59 Å². The highest BCUT2D eigenvalue weighted by Crippen LogP contribution is 2.36. The Bertz CT molecular complexity index is 543. The number of benzene rings is 1. The van der Waals surface area contributed by atoms with Crippen LogP contribution in [0.3, 0.4) is 0 Å². The van der Waals surface area contributed by atoms with Crippen molar-refractivity contribution in [2.75, 3.05) is 26.1 Å². The minimum absolute atomic E-state index is 0.162. The molecule has 0 bridgehead atoms. The van der Waals surface area contributed by atoms with E-state index in [1.165, 1.54) is 12.7 Å². The number of aryl methyl sites for hydroxylation is 1. The van der Waals surface area contributed by atoms with Crippen molar-refractivity contribution in [2.45, 2.75) is 25.7 Å². The van der Waals surface area contributed by atoms with E-state index in [2.05, 4.69) is 21.4 Å². The zero-order valence-electron chi connectivity index (χ0n) is 12.3. The number of alkyl carbamates (subject to hydrolysis) is 1. The number of fused-ring (bicyclic) bond motifs is 1. The Morgan fingerprint density at radius 2 is 2.05 bits per heavy atom. The molecule has 1 aromatic carbocycles. The van der Waals surface area contributed by atoms with Crippen LogP contribution in [0.2, 0.25) is 0 Å². The molecule has 6 nitrogen and oxygen atoms in total. The molecular weight excluding hydrogens is 272 g/mol. The number of nitrogens with one attached hydrogen (secondary N) is 2. The normalized spacial score (nSPS) is 12.5. The number of hydrogen-bond acceptors (Lipinski definition) is 4. The third kappa shape index (κ3) is 3.65. The first-order chi connectivity index (χ1) is 10.2. The van der Waals surface area contributed by atoms with Gasteiger partial charge in [-0.05, 0) is 36.5 Å². The van der Waals surface area contributed by atoms with Crippen molar-refractivity contribution in [1.82, 2.24) is 5.32 Å². The van der Waals surface area contributed by atoms with Crippen LogP contribution in [-0.4, -0.2) is 32.8 Å². The van der Waals surface area contributed by atoms with Crippen molar-refractivity contribution in [2.24, 2.45) is 0 Å². The van der Waals surface area contributed by atoms with Gasteiger partial charge in [0.2, 0.25) is 5.91 Å². The van der Waals surface area contributed by atoms with E-state index in [1.807, 2.05) is 6.07 Å². The average Bonchev–Trinajstić information content (AvgIpc) is 2.96. The molecule has 2 rings (SSSR count). The number of ether oxygens (including phenoxy) is 2. The zero-order chi connectivity index (χ0) is 15.2. The lowest BCUT2D eigenvalue weighted by molar-refractivity contribution is -0.116. The maximum Gasteiger partial charge on any atom is 0.406 e. The van der Waals surface area contributed by atoms with Crippen molar-refractivity contribution in [3.8, 4) is 5.75 Å². The topological polar surface area (TPSA) is 76.7 Å². The Morgan fingerprint density at radius 3 is 2.76 bits per heavy atom. The molecule has 0 atom stereocenters. The maximum atomic E-state index is 12.0. The van der Waals surface area contributed by atoms with Crippen LogP contribution in [0.5, 0.6) is 5.75 Å². The predicted octanol–water partition coefficient (Wildman–Crippen LogP) is 1.87. The van der Waals surface area contributed by atoms with Gasteiger partial charge in [-0.15, -0.1) is 0 Å². The van der Waals surface area contributed by atoms with Crippen molar-refractivity contribution in [3.05, 3.63) is 23.3 Å². The molecule has 0 saturated carbocycles. The Balaban J connectivity index is 2.00. The van der Waals surface area contributed by atoms with Crippen LogP contribution in [0.4, 0.5) is 10.5 Å². The van der Waals surface area contributed by atoms with Crippen LogP contribution in [0.25, 0.3) is 0 Å². The third-order valence-electron chi connectivity index (χ3n) is 3.54. The summed E-state index contributed by atoms with van der Waals surface area (Å²) in [6.07, 6.45) is 2.72. The number of carbonyl (C=O) groups is 2. The number of methoxy groups -OCH3 is 2. The first-order valence-electron chi connectivity index (χ1n) is 6.96. The van der Waals surface area contributed by atoms with Crippen LogP contribution in [0.1, 0.15) is 24.0 Å². The lowest BCUT2D eigenvalue weighted by Gasteiger charge is -2.15. The van der Waals surface area contributed by atoms with Gasteiger partial charge in [-0.25, -0.2) is 4.79 Å². The Hall–Kier alpha value is -2.24. The summed E-state index contributed by atoms with van der Waals surface area (Å²) in [5.74, 6) is 0.509. The molecule has 1 aliphatic rings. The van der Waals surface area contributed by atoms with E-state index >= 15 is 0 Å². The SMILES string of the molecule is COC(=O)NCCC(=O)Nc1c(OC)ccc2c1CCC2. The quantitative estimate of drug-likeness (QED) is 0.868. The smallest absolute Gasteiger partial charge is 0.406 e. The molecule has 114 valence electrons. The fourth-order valence-corrected chi connectivity index (χ4v) is 2.50. The number of hydrogen-bond donors (Lipinski definition) is 2. The minimum atomic E-state index is -0.541. The molecule has 1 aliphatic carbocycles. The van der Waals surface area contributed by atoms with E-state index in [1.54, 1.807) is 7.11 Å². The van der Waals surface area contributed by atoms with Gasteiger partial charge in [0.1, 0.15) is 5.75 Å². The summed E-state index contributed by atoms with van der Waals surface area (Å²) in [7, 11) is 2.87. The molecule has 6 heteroatoms. The minimum Gasteiger partial charge on any atom is -0.495 e. The first-order valence-corrected chi connectivity index (χ1v) is 6.96. The Labute approximate surface area is 123 Å². The van der Waals surface area contributed by atoms with E-state index < -0.39 is 6.09 Å². The van der Waals surface area contributed by atoms with Crippen LogP contribution in [0.15, 0.2) is 12.1 Å². The molecular formula is C15H20N2O4. The van der Waals surface area contributed by atoms with Gasteiger partial charge >= 0.3 is 6.09 Å². The molecule has 0 aromatic heterocycles. The Kier molecular flexibility index (Phi) is 5.03. The average molecular weight is 292 g/mol. The van der Waals surface area contributed by atoms with Gasteiger partial charge in [-0.1, -0.05) is 6.07 Å². The molecule has 0 unspecified atom stereocenters. The van der Waals surface area contributed by atoms with Crippen molar-refractivity contribution in [1.29, 1.82) is 0 Å². The van der Waals surface area contributed by atoms with Gasteiger partial charge < -0.3 is 20.1 Å². The molecule has 2 N–H and O–H groups in total. The summed E-state index contributed by atoms with van der Waals surface area (Å²) in [5.41, 5.74) is 3.18. The first kappa shape index (κ1) is 15.2. The monoisotopic (exact) mass is 292 g/mol. The number of anilines is 1. The molecule has 1 aromatic rings. The second kappa shape index (κ2) is 6.97. The standard InChI is InChI=1S/C15H20N2O4/c1-20-12-7-6-10-4-3-5-11(10)14(12)17-13(18)8-9-16-15(19)21-2/h6-7H,3-5,8-9H2,1-2H3,(H,16,19)(H,17,18). The van der Waals surface area contributed by atoms with Crippen molar-refractivity contribution < 1.29 is 19.1 Å². The molecule has 0 spiro atoms. The molecule has 0 heterocycles. The van der Waals surface area contributed by atoms with E-state index in [-0.39, 0.29) is 18.9 Å². The highest BCUT2D eigenvalue weighted by Gasteiger charge is 2.19. The van der Waals surface area contributed by atoms with Crippen LogP contribution >= 0.6 is 0 Å². The van der Waals surface area contributed by atoms with Gasteiger partial charge in [0.15, 0.2) is 0 Å². The lowest BCUT2D eigenvalue weighted by atomic mass is 10.1. The fourth-order valence-electron chi connectivity index (χ4n) is 2.50. The zero-order valence-corrected chi connectivity index (χ0v) is 12.3. The van der Waals surface area contributed by atoms with Crippen LogP contribution in [0, 0.1) is 0 Å². The van der Waals surface area contributed by atoms with E-state index in [4.69, 9.17) is 4.74 Å². The second-order valence-electron chi connectivity index (χ2n) is 4.85. The maximum absolute atomic E-state index is 12.0. The summed E-state index contributed by atoms with van der Waals surface area (Å²) >= 11 is 0. The molecule has 21 heavy (non-hydrogen) atoms. The molecule has 0 radical (unpaired) electrons. The van der Waals surface area contributed by atoms with Gasteiger partial charge in [0.05, 0.1) is 19.9 Å². The summed E-state index contributed by atoms with van der Waals surface area (Å²) in [6.45, 7) is 0.232. The fraction of sp³-hybridized carbons (Fsp3) is 0.467. The summed E-state index contributed by atoms with van der Waals surface area (Å²) in [6, 6.07) is 3.93. The molecule has 0 fully saturated rings. The third-order valence-corrected chi connectivity index (χ3v) is 3.54. The molecule has 0 saturated heterocycles. The van der Waals surface area contributed by atoms with E-state index in [0.717, 1.165) is 30.5 Å². The highest BCUT2D eigenvalue weighted by atomic mass is 16.5. The van der Waals surface area contributed by atoms with Crippen molar-refractivity contribution in [3.63, 3.8) is 0 Å². The van der Waals surface area contributed by atoms with Gasteiger partial charge in [-0.3, -0.25) is 4.79 Å². The second-order valence-corrected chi connectivity index (χ2v) is 4.85. The molecule has 0 aliphatic heterocycles. The number of carbonyl (C=O) groups excluding carboxylic acids is 2. The predicted molar refractivity (Wildman–Crippen MR) is 78.7 cm³/mol. The highest BCUT2D eigenvalue weighted by molar-refractivity contribution is 5.94. The van der Waals surface area contributed by atoms with Crippen LogP contribution in [-0.2, 0) is 22.4 Å². The van der Waals surface area contributed by atoms with Gasteiger partial charge in [0, 0.05) is 13.0 Å². The Morgan fingerprint density at radius 1 is 1.24 bits per heavy atom. The summed E-state index contributed by atoms with van der Waals surface area (Å²) in [5, 5.41) is 5.37. The molecule has 2 amide bonds. The number of rotatable bonds is 5. The summed E-state index contributed by atoms with van der Waals surface area (Å²) in [4.78, 5) is 22.9. The van der Waals surface area contributed by atoms with Crippen LogP contribution < -0.4 is 15.4 Å². The lowest BCUT2D eigenvalue weighted by Crippen LogP contribution is -2.27. The largest absolute Gasteiger partial charge is 0.495 e. The van der Waals surface area contributed by atoms with E-state index in [0.29, 0.717) is 5.75 Å². The number of amides is 2.